The quantitative estimate of drug-likeness (QED) is 0.145. The molecule has 0 aliphatic heterocycles. The Hall–Kier alpha value is -5.80. The van der Waals surface area contributed by atoms with Gasteiger partial charge >= 0.3 is 0 Å². The zero-order valence-electron chi connectivity index (χ0n) is 25.3. The second kappa shape index (κ2) is 12.1. The van der Waals surface area contributed by atoms with Gasteiger partial charge in [0.05, 0.1) is 0 Å². The molecule has 3 nitrogen and oxygen atoms in total. The number of aryl methyl sites for hydroxylation is 1. The summed E-state index contributed by atoms with van der Waals surface area (Å²) in [5.74, 6) is 0. The lowest BCUT2D eigenvalue weighted by Crippen LogP contribution is -1.99. The summed E-state index contributed by atoms with van der Waals surface area (Å²) >= 11 is 0. The molecule has 0 aliphatic carbocycles. The van der Waals surface area contributed by atoms with E-state index in [1.165, 1.54) is 60.3 Å². The minimum Gasteiger partial charge on any atom is -0.405 e. The molecule has 0 fully saturated rings. The average molecular weight is 582 g/mol. The molecule has 0 bridgehead atoms. The Kier molecular flexibility index (Phi) is 7.51. The molecule has 0 unspecified atom stereocenters. The Bertz CT molecular complexity index is 2190. The summed E-state index contributed by atoms with van der Waals surface area (Å²) in [6.45, 7) is 2.85. The second-order valence-electron chi connectivity index (χ2n) is 11.3. The van der Waals surface area contributed by atoms with Crippen LogP contribution < -0.4 is 11.5 Å². The van der Waals surface area contributed by atoms with Gasteiger partial charge in [0.2, 0.25) is 0 Å². The lowest BCUT2D eigenvalue weighted by molar-refractivity contribution is 0.849. The molecule has 218 valence electrons. The van der Waals surface area contributed by atoms with Gasteiger partial charge in [0, 0.05) is 29.3 Å². The van der Waals surface area contributed by atoms with Gasteiger partial charge in [-0.15, -0.1) is 0 Å². The number of nitrogens with two attached hydrogens (primary N) is 2. The minimum absolute atomic E-state index is 0.704. The maximum atomic E-state index is 6.18. The molecule has 0 spiro atoms. The monoisotopic (exact) mass is 581 g/mol. The molecule has 4 N–H and O–H groups in total. The number of aromatic nitrogens is 1. The number of hydrogen-bond donors (Lipinski definition) is 2. The zero-order chi connectivity index (χ0) is 30.8. The van der Waals surface area contributed by atoms with Gasteiger partial charge in [-0.3, -0.25) is 0 Å². The summed E-state index contributed by atoms with van der Waals surface area (Å²) in [5.41, 5.74) is 22.5. The van der Waals surface area contributed by atoms with Gasteiger partial charge < -0.3 is 16.0 Å². The van der Waals surface area contributed by atoms with E-state index < -0.39 is 0 Å². The van der Waals surface area contributed by atoms with Gasteiger partial charge in [0.25, 0.3) is 0 Å². The number of rotatable bonds is 7. The van der Waals surface area contributed by atoms with E-state index in [2.05, 4.69) is 151 Å². The third-order valence-corrected chi connectivity index (χ3v) is 8.79. The number of fused-ring (bicyclic) bond motifs is 3. The number of hydrogen-bond acceptors (Lipinski definition) is 2. The van der Waals surface area contributed by atoms with Crippen molar-refractivity contribution in [2.75, 3.05) is 0 Å². The molecule has 6 aromatic carbocycles. The predicted octanol–water partition coefficient (Wildman–Crippen LogP) is 10.1. The SMILES string of the molecule is Cc1c(/C=C\N)n(C/C=C\C(=C/N)c2ccc(-c3c4ccccc4c(-c4ccccc4)c4ccccc34)cc2)c2ccccc12. The van der Waals surface area contributed by atoms with Crippen molar-refractivity contribution in [1.82, 2.24) is 4.57 Å². The number of allylic oxidation sites excluding steroid dienone is 3. The van der Waals surface area contributed by atoms with Crippen LogP contribution in [0.3, 0.4) is 0 Å². The highest BCUT2D eigenvalue weighted by Crippen LogP contribution is 2.43. The van der Waals surface area contributed by atoms with Crippen LogP contribution in [0.25, 0.3) is 66.4 Å². The number of benzene rings is 6. The zero-order valence-corrected chi connectivity index (χ0v) is 25.3. The molecular weight excluding hydrogens is 546 g/mol. The first-order valence-electron chi connectivity index (χ1n) is 15.3. The van der Waals surface area contributed by atoms with Crippen molar-refractivity contribution >= 4 is 44.1 Å². The van der Waals surface area contributed by atoms with Crippen LogP contribution in [0.4, 0.5) is 0 Å². The highest BCUT2D eigenvalue weighted by atomic mass is 15.0. The van der Waals surface area contributed by atoms with Crippen molar-refractivity contribution in [2.24, 2.45) is 11.5 Å². The normalized spacial score (nSPS) is 12.3. The van der Waals surface area contributed by atoms with Gasteiger partial charge in [-0.25, -0.2) is 0 Å². The lowest BCUT2D eigenvalue weighted by Gasteiger charge is -2.18. The number of para-hydroxylation sites is 1. The molecular formula is C42H35N3. The van der Waals surface area contributed by atoms with Crippen LogP contribution in [0.1, 0.15) is 16.8 Å². The first-order chi connectivity index (χ1) is 22.2. The van der Waals surface area contributed by atoms with Crippen LogP contribution in [0.2, 0.25) is 0 Å². The molecule has 7 aromatic rings. The standard InChI is InChI=1S/C42H35N3/c1-29-34-15-9-10-20-40(34)45(39(29)25-26-43)27-11-14-33(28-44)30-21-23-32(24-22-30)42-37-18-7-5-16-35(37)41(31-12-3-2-4-13-31)36-17-6-8-19-38(36)42/h2-26,28H,27,43-44H2,1H3/b14-11-,26-25-,33-28+. The van der Waals surface area contributed by atoms with E-state index in [9.17, 15) is 0 Å². The maximum Gasteiger partial charge on any atom is 0.0490 e. The van der Waals surface area contributed by atoms with E-state index in [0.29, 0.717) is 6.54 Å². The third kappa shape index (κ3) is 4.99. The molecule has 0 aliphatic rings. The Morgan fingerprint density at radius 1 is 0.600 bits per heavy atom. The van der Waals surface area contributed by atoms with Crippen LogP contribution in [-0.4, -0.2) is 4.57 Å². The Morgan fingerprint density at radius 2 is 1.11 bits per heavy atom. The summed E-state index contributed by atoms with van der Waals surface area (Å²) in [7, 11) is 0. The van der Waals surface area contributed by atoms with Crippen LogP contribution >= 0.6 is 0 Å². The van der Waals surface area contributed by atoms with E-state index in [0.717, 1.165) is 16.8 Å². The molecule has 3 heteroatoms. The topological polar surface area (TPSA) is 57.0 Å². The first kappa shape index (κ1) is 28.0. The molecule has 1 heterocycles. The summed E-state index contributed by atoms with van der Waals surface area (Å²) in [5, 5.41) is 6.23. The van der Waals surface area contributed by atoms with Crippen molar-refractivity contribution in [2.45, 2.75) is 13.5 Å². The molecule has 45 heavy (non-hydrogen) atoms. The second-order valence-corrected chi connectivity index (χ2v) is 11.3. The van der Waals surface area contributed by atoms with E-state index >= 15 is 0 Å². The van der Waals surface area contributed by atoms with Crippen LogP contribution in [0.15, 0.2) is 152 Å². The molecule has 7 rings (SSSR count). The molecule has 0 amide bonds. The summed E-state index contributed by atoms with van der Waals surface area (Å²) in [6, 6.07) is 45.4. The van der Waals surface area contributed by atoms with Gasteiger partial charge in [-0.1, -0.05) is 133 Å². The maximum absolute atomic E-state index is 6.18. The van der Waals surface area contributed by atoms with Gasteiger partial charge in [0.15, 0.2) is 0 Å². The van der Waals surface area contributed by atoms with Crippen molar-refractivity contribution in [3.8, 4) is 22.3 Å². The third-order valence-electron chi connectivity index (χ3n) is 8.79. The van der Waals surface area contributed by atoms with Gasteiger partial charge in [0.1, 0.15) is 0 Å². The fourth-order valence-corrected chi connectivity index (χ4v) is 6.72. The van der Waals surface area contributed by atoms with E-state index in [-0.39, 0.29) is 0 Å². The van der Waals surface area contributed by atoms with E-state index in [1.54, 1.807) is 12.4 Å². The van der Waals surface area contributed by atoms with Crippen LogP contribution in [-0.2, 0) is 6.54 Å². The molecule has 0 saturated heterocycles. The fourth-order valence-electron chi connectivity index (χ4n) is 6.72. The van der Waals surface area contributed by atoms with E-state index in [4.69, 9.17) is 11.5 Å². The minimum atomic E-state index is 0.704. The first-order valence-corrected chi connectivity index (χ1v) is 15.3. The Morgan fingerprint density at radius 3 is 1.67 bits per heavy atom. The van der Waals surface area contributed by atoms with Crippen LogP contribution in [0, 0.1) is 6.92 Å². The van der Waals surface area contributed by atoms with Crippen molar-refractivity contribution in [3.63, 3.8) is 0 Å². The predicted molar refractivity (Wildman–Crippen MR) is 194 cm³/mol. The Balaban J connectivity index is 1.26. The molecule has 1 aromatic heterocycles. The average Bonchev–Trinajstić information content (AvgIpc) is 3.36. The number of nitrogens with zero attached hydrogens (tertiary/aromatic N) is 1. The summed E-state index contributed by atoms with van der Waals surface area (Å²) in [6.07, 6.45) is 9.53. The Labute approximate surface area is 264 Å². The van der Waals surface area contributed by atoms with Crippen molar-refractivity contribution in [1.29, 1.82) is 0 Å². The molecule has 0 atom stereocenters. The highest BCUT2D eigenvalue weighted by Gasteiger charge is 2.16. The highest BCUT2D eigenvalue weighted by molar-refractivity contribution is 6.21. The van der Waals surface area contributed by atoms with Crippen LogP contribution in [0.5, 0.6) is 0 Å². The van der Waals surface area contributed by atoms with Crippen molar-refractivity contribution < 1.29 is 0 Å². The largest absolute Gasteiger partial charge is 0.405 e. The van der Waals surface area contributed by atoms with E-state index in [1.807, 2.05) is 6.08 Å². The van der Waals surface area contributed by atoms with Crippen molar-refractivity contribution in [3.05, 3.63) is 169 Å². The summed E-state index contributed by atoms with van der Waals surface area (Å²) in [4.78, 5) is 0. The molecule has 0 saturated carbocycles. The molecule has 0 radical (unpaired) electrons. The fraction of sp³-hybridized carbons (Fsp3) is 0.0476. The lowest BCUT2D eigenvalue weighted by atomic mass is 9.86. The smallest absolute Gasteiger partial charge is 0.0490 e. The van der Waals surface area contributed by atoms with Gasteiger partial charge in [-0.05, 0) is 85.8 Å². The summed E-state index contributed by atoms with van der Waals surface area (Å²) < 4.78 is 2.29. The van der Waals surface area contributed by atoms with Gasteiger partial charge in [-0.2, -0.15) is 0 Å².